The second kappa shape index (κ2) is 5.69. The van der Waals surface area contributed by atoms with Gasteiger partial charge in [-0.1, -0.05) is 15.9 Å². The molecule has 2 rings (SSSR count). The molecule has 0 aromatic heterocycles. The molecule has 1 aromatic rings. The van der Waals surface area contributed by atoms with Crippen molar-refractivity contribution in [3.8, 4) is 0 Å². The van der Waals surface area contributed by atoms with Crippen LogP contribution in [0, 0.1) is 11.7 Å². The van der Waals surface area contributed by atoms with Crippen molar-refractivity contribution >= 4 is 21.6 Å². The van der Waals surface area contributed by atoms with Crippen molar-refractivity contribution in [3.05, 3.63) is 29.6 Å². The Balaban J connectivity index is 2.21. The largest absolute Gasteiger partial charge is 0.416 e. The molecule has 0 bridgehead atoms. The third kappa shape index (κ3) is 3.41. The van der Waals surface area contributed by atoms with Gasteiger partial charge in [-0.25, -0.2) is 4.39 Å². The summed E-state index contributed by atoms with van der Waals surface area (Å²) in [6, 6.07) is 2.75. The maximum Gasteiger partial charge on any atom is 0.416 e. The van der Waals surface area contributed by atoms with Gasteiger partial charge in [0.2, 0.25) is 0 Å². The van der Waals surface area contributed by atoms with Crippen LogP contribution in [0.2, 0.25) is 0 Å². The molecule has 19 heavy (non-hydrogen) atoms. The summed E-state index contributed by atoms with van der Waals surface area (Å²) in [6.07, 6.45) is -2.51. The molecule has 0 saturated carbocycles. The van der Waals surface area contributed by atoms with Crippen LogP contribution in [0.1, 0.15) is 18.4 Å². The topological polar surface area (TPSA) is 3.24 Å². The fourth-order valence-electron chi connectivity index (χ4n) is 2.35. The highest BCUT2D eigenvalue weighted by Gasteiger charge is 2.32. The lowest BCUT2D eigenvalue weighted by atomic mass is 9.99. The highest BCUT2D eigenvalue weighted by Crippen LogP contribution is 2.33. The molecule has 6 heteroatoms. The fourth-order valence-corrected chi connectivity index (χ4v) is 2.88. The van der Waals surface area contributed by atoms with Crippen LogP contribution in [0.5, 0.6) is 0 Å². The Bertz CT molecular complexity index is 447. The zero-order valence-electron chi connectivity index (χ0n) is 10.2. The van der Waals surface area contributed by atoms with Crippen LogP contribution >= 0.6 is 15.9 Å². The molecule has 0 aliphatic carbocycles. The van der Waals surface area contributed by atoms with Gasteiger partial charge >= 0.3 is 6.18 Å². The van der Waals surface area contributed by atoms with Gasteiger partial charge in [0.1, 0.15) is 5.82 Å². The Morgan fingerprint density at radius 2 is 2.05 bits per heavy atom. The SMILES string of the molecule is Fc1cc(C(F)(F)F)ccc1N1CCCC(CBr)C1. The number of halogens is 5. The predicted octanol–water partition coefficient (Wildman–Crippen LogP) is 4.46. The van der Waals surface area contributed by atoms with Gasteiger partial charge in [0, 0.05) is 18.4 Å². The van der Waals surface area contributed by atoms with Crippen molar-refractivity contribution in [3.63, 3.8) is 0 Å². The molecule has 0 radical (unpaired) electrons. The number of hydrogen-bond donors (Lipinski definition) is 0. The van der Waals surface area contributed by atoms with E-state index in [1.54, 1.807) is 0 Å². The highest BCUT2D eigenvalue weighted by molar-refractivity contribution is 9.09. The number of hydrogen-bond acceptors (Lipinski definition) is 1. The number of benzene rings is 1. The standard InChI is InChI=1S/C13H14BrF4N/c14-7-9-2-1-5-19(8-9)12-4-3-10(6-11(12)15)13(16,17)18/h3-4,6,9H,1-2,5,7-8H2. The molecule has 1 aromatic carbocycles. The smallest absolute Gasteiger partial charge is 0.369 e. The number of piperidine rings is 1. The summed E-state index contributed by atoms with van der Waals surface area (Å²) in [5.74, 6) is -0.388. The van der Waals surface area contributed by atoms with E-state index in [4.69, 9.17) is 0 Å². The summed E-state index contributed by atoms with van der Waals surface area (Å²) in [7, 11) is 0. The summed E-state index contributed by atoms with van der Waals surface area (Å²) in [5, 5.41) is 0.825. The quantitative estimate of drug-likeness (QED) is 0.568. The minimum atomic E-state index is -4.50. The van der Waals surface area contributed by atoms with Gasteiger partial charge in [0.25, 0.3) is 0 Å². The van der Waals surface area contributed by atoms with Crippen molar-refractivity contribution in [1.82, 2.24) is 0 Å². The predicted molar refractivity (Wildman–Crippen MR) is 70.1 cm³/mol. The molecule has 1 atom stereocenters. The number of alkyl halides is 4. The van der Waals surface area contributed by atoms with Crippen LogP contribution in [-0.2, 0) is 6.18 Å². The number of nitrogens with zero attached hydrogens (tertiary/aromatic N) is 1. The van der Waals surface area contributed by atoms with Crippen LogP contribution in [0.4, 0.5) is 23.2 Å². The van der Waals surface area contributed by atoms with E-state index in [0.29, 0.717) is 25.1 Å². The van der Waals surface area contributed by atoms with Crippen molar-refractivity contribution < 1.29 is 17.6 Å². The lowest BCUT2D eigenvalue weighted by molar-refractivity contribution is -0.137. The Hall–Kier alpha value is -0.780. The van der Waals surface area contributed by atoms with Crippen LogP contribution in [0.3, 0.4) is 0 Å². The molecule has 1 saturated heterocycles. The van der Waals surface area contributed by atoms with Crippen molar-refractivity contribution in [2.75, 3.05) is 23.3 Å². The number of anilines is 1. The number of rotatable bonds is 2. The Kier molecular flexibility index (Phi) is 4.38. The first-order valence-corrected chi connectivity index (χ1v) is 7.21. The van der Waals surface area contributed by atoms with E-state index in [1.807, 2.05) is 4.90 Å². The maximum atomic E-state index is 13.8. The third-order valence-corrected chi connectivity index (χ3v) is 4.27. The van der Waals surface area contributed by atoms with Gasteiger partial charge in [-0.05, 0) is 37.0 Å². The van der Waals surface area contributed by atoms with Crippen LogP contribution in [0.15, 0.2) is 18.2 Å². The van der Waals surface area contributed by atoms with Gasteiger partial charge in [-0.2, -0.15) is 13.2 Å². The van der Waals surface area contributed by atoms with Gasteiger partial charge in [0.15, 0.2) is 0 Å². The Morgan fingerprint density at radius 3 is 2.63 bits per heavy atom. The van der Waals surface area contributed by atoms with Gasteiger partial charge in [-0.15, -0.1) is 0 Å². The van der Waals surface area contributed by atoms with E-state index in [1.165, 1.54) is 6.07 Å². The molecule has 1 aliphatic heterocycles. The van der Waals surface area contributed by atoms with Gasteiger partial charge < -0.3 is 4.90 Å². The van der Waals surface area contributed by atoms with E-state index in [0.717, 1.165) is 24.2 Å². The molecule has 0 spiro atoms. The molecule has 106 valence electrons. The summed E-state index contributed by atoms with van der Waals surface area (Å²) in [4.78, 5) is 1.82. The third-order valence-electron chi connectivity index (χ3n) is 3.35. The van der Waals surface area contributed by atoms with Gasteiger partial charge in [-0.3, -0.25) is 0 Å². The fraction of sp³-hybridized carbons (Fsp3) is 0.538. The van der Waals surface area contributed by atoms with E-state index in [-0.39, 0.29) is 5.69 Å². The summed E-state index contributed by atoms with van der Waals surface area (Å²) in [6.45, 7) is 1.36. The molecule has 1 unspecified atom stereocenters. The molecule has 0 N–H and O–H groups in total. The minimum absolute atomic E-state index is 0.263. The molecule has 0 amide bonds. The molecule has 1 fully saturated rings. The Labute approximate surface area is 117 Å². The lowest BCUT2D eigenvalue weighted by Crippen LogP contribution is -2.36. The van der Waals surface area contributed by atoms with Crippen molar-refractivity contribution in [1.29, 1.82) is 0 Å². The normalized spacial score (nSPS) is 20.7. The van der Waals surface area contributed by atoms with Crippen LogP contribution in [-0.4, -0.2) is 18.4 Å². The average Bonchev–Trinajstić information content (AvgIpc) is 2.37. The first-order valence-electron chi connectivity index (χ1n) is 6.09. The molecular weight excluding hydrogens is 326 g/mol. The zero-order valence-corrected chi connectivity index (χ0v) is 11.8. The van der Waals surface area contributed by atoms with Crippen LogP contribution in [0.25, 0.3) is 0 Å². The summed E-state index contributed by atoms with van der Waals surface area (Å²) < 4.78 is 51.3. The highest BCUT2D eigenvalue weighted by atomic mass is 79.9. The summed E-state index contributed by atoms with van der Waals surface area (Å²) >= 11 is 3.40. The minimum Gasteiger partial charge on any atom is -0.369 e. The van der Waals surface area contributed by atoms with E-state index < -0.39 is 17.6 Å². The first-order chi connectivity index (χ1) is 8.91. The summed E-state index contributed by atoms with van der Waals surface area (Å²) in [5.41, 5.74) is -0.679. The molecule has 1 heterocycles. The van der Waals surface area contributed by atoms with E-state index in [2.05, 4.69) is 15.9 Å². The zero-order chi connectivity index (χ0) is 14.0. The van der Waals surface area contributed by atoms with Crippen molar-refractivity contribution in [2.45, 2.75) is 19.0 Å². The Morgan fingerprint density at radius 1 is 1.32 bits per heavy atom. The second-order valence-corrected chi connectivity index (χ2v) is 5.42. The molecule has 1 aliphatic rings. The van der Waals surface area contributed by atoms with Gasteiger partial charge in [0.05, 0.1) is 11.3 Å². The van der Waals surface area contributed by atoms with E-state index in [9.17, 15) is 17.6 Å². The monoisotopic (exact) mass is 339 g/mol. The van der Waals surface area contributed by atoms with E-state index >= 15 is 0 Å². The molecule has 1 nitrogen and oxygen atoms in total. The lowest BCUT2D eigenvalue weighted by Gasteiger charge is -2.34. The van der Waals surface area contributed by atoms with Crippen LogP contribution < -0.4 is 4.90 Å². The van der Waals surface area contributed by atoms with Crippen molar-refractivity contribution in [2.24, 2.45) is 5.92 Å². The second-order valence-electron chi connectivity index (χ2n) is 4.77. The maximum absolute atomic E-state index is 13.8. The first kappa shape index (κ1) is 14.6. The molecular formula is C13H14BrF4N. The average molecular weight is 340 g/mol.